The Morgan fingerprint density at radius 2 is 1.95 bits per heavy atom. The molecule has 0 bridgehead atoms. The first-order valence-electron chi connectivity index (χ1n) is 7.35. The zero-order valence-corrected chi connectivity index (χ0v) is 11.2. The monoisotopic (exact) mass is 258 g/mol. The van der Waals surface area contributed by atoms with Crippen LogP contribution in [0.1, 0.15) is 37.3 Å². The summed E-state index contributed by atoms with van der Waals surface area (Å²) in [4.78, 5) is 12.0. The van der Waals surface area contributed by atoms with Crippen LogP contribution in [0.15, 0.2) is 30.3 Å². The second kappa shape index (κ2) is 5.33. The van der Waals surface area contributed by atoms with Gasteiger partial charge in [0.15, 0.2) is 0 Å². The standard InChI is InChI=1S/C16H22N2O/c17-14(11-5-2-1-3-6-11)9-10-18-16(19)15-12-7-4-8-13(12)15/h1-3,5-6,12-15H,4,7-10,17H2,(H,18,19). The van der Waals surface area contributed by atoms with Crippen molar-refractivity contribution < 1.29 is 4.79 Å². The molecule has 2 aliphatic rings. The molecule has 2 saturated carbocycles. The summed E-state index contributed by atoms with van der Waals surface area (Å²) in [7, 11) is 0. The molecule has 1 amide bonds. The lowest BCUT2D eigenvalue weighted by molar-refractivity contribution is -0.123. The second-order valence-electron chi connectivity index (χ2n) is 5.88. The summed E-state index contributed by atoms with van der Waals surface area (Å²) >= 11 is 0. The molecule has 3 heteroatoms. The number of fused-ring (bicyclic) bond motifs is 1. The van der Waals surface area contributed by atoms with Gasteiger partial charge in [-0.3, -0.25) is 4.79 Å². The molecule has 3 unspecified atom stereocenters. The molecule has 0 spiro atoms. The van der Waals surface area contributed by atoms with Gasteiger partial charge in [0.1, 0.15) is 0 Å². The van der Waals surface area contributed by atoms with Crippen LogP contribution in [0.5, 0.6) is 0 Å². The summed E-state index contributed by atoms with van der Waals surface area (Å²) in [5.74, 6) is 1.97. The molecule has 1 aromatic carbocycles. The van der Waals surface area contributed by atoms with Crippen LogP contribution in [0.2, 0.25) is 0 Å². The van der Waals surface area contributed by atoms with Crippen LogP contribution in [0.4, 0.5) is 0 Å². The Morgan fingerprint density at radius 3 is 2.63 bits per heavy atom. The predicted octanol–water partition coefficient (Wildman–Crippen LogP) is 2.24. The van der Waals surface area contributed by atoms with Crippen molar-refractivity contribution in [2.24, 2.45) is 23.5 Å². The first-order chi connectivity index (χ1) is 9.27. The first kappa shape index (κ1) is 12.7. The molecule has 3 nitrogen and oxygen atoms in total. The largest absolute Gasteiger partial charge is 0.356 e. The van der Waals surface area contributed by atoms with E-state index >= 15 is 0 Å². The Bertz CT molecular complexity index is 435. The second-order valence-corrected chi connectivity index (χ2v) is 5.88. The van der Waals surface area contributed by atoms with E-state index in [1.807, 2.05) is 30.3 Å². The van der Waals surface area contributed by atoms with Gasteiger partial charge < -0.3 is 11.1 Å². The van der Waals surface area contributed by atoms with Crippen LogP contribution in [0, 0.1) is 17.8 Å². The van der Waals surface area contributed by atoms with Gasteiger partial charge in [-0.2, -0.15) is 0 Å². The van der Waals surface area contributed by atoms with Gasteiger partial charge >= 0.3 is 0 Å². The molecule has 1 aromatic rings. The van der Waals surface area contributed by atoms with Gasteiger partial charge in [-0.15, -0.1) is 0 Å². The zero-order chi connectivity index (χ0) is 13.2. The van der Waals surface area contributed by atoms with Crippen LogP contribution in [0.25, 0.3) is 0 Å². The molecule has 2 aliphatic carbocycles. The van der Waals surface area contributed by atoms with Crippen LogP contribution in [0.3, 0.4) is 0 Å². The Labute approximate surface area is 114 Å². The van der Waals surface area contributed by atoms with Crippen molar-refractivity contribution in [2.75, 3.05) is 6.54 Å². The van der Waals surface area contributed by atoms with E-state index in [1.165, 1.54) is 19.3 Å². The molecule has 3 atom stereocenters. The third-order valence-corrected chi connectivity index (χ3v) is 4.69. The van der Waals surface area contributed by atoms with Crippen molar-refractivity contribution >= 4 is 5.91 Å². The molecule has 3 rings (SSSR count). The van der Waals surface area contributed by atoms with Crippen LogP contribution in [-0.2, 0) is 4.79 Å². The zero-order valence-electron chi connectivity index (χ0n) is 11.2. The van der Waals surface area contributed by atoms with Gasteiger partial charge in [-0.25, -0.2) is 0 Å². The molecule has 0 radical (unpaired) electrons. The third kappa shape index (κ3) is 2.66. The minimum atomic E-state index is 0.0141. The summed E-state index contributed by atoms with van der Waals surface area (Å²) in [5.41, 5.74) is 7.25. The van der Waals surface area contributed by atoms with E-state index in [4.69, 9.17) is 5.73 Å². The minimum absolute atomic E-state index is 0.0141. The topological polar surface area (TPSA) is 55.1 Å². The fraction of sp³-hybridized carbons (Fsp3) is 0.562. The van der Waals surface area contributed by atoms with Crippen LogP contribution in [-0.4, -0.2) is 12.5 Å². The molecule has 19 heavy (non-hydrogen) atoms. The average Bonchev–Trinajstić information content (AvgIpc) is 2.93. The maximum atomic E-state index is 12.0. The Kier molecular flexibility index (Phi) is 3.56. The van der Waals surface area contributed by atoms with Gasteiger partial charge in [0, 0.05) is 18.5 Å². The molecule has 0 aliphatic heterocycles. The number of hydrogen-bond acceptors (Lipinski definition) is 2. The van der Waals surface area contributed by atoms with E-state index in [0.717, 1.165) is 12.0 Å². The van der Waals surface area contributed by atoms with E-state index in [-0.39, 0.29) is 11.9 Å². The number of carbonyl (C=O) groups excluding carboxylic acids is 1. The number of carbonyl (C=O) groups is 1. The van der Waals surface area contributed by atoms with Crippen molar-refractivity contribution in [1.29, 1.82) is 0 Å². The summed E-state index contributed by atoms with van der Waals surface area (Å²) in [6, 6.07) is 10.1. The number of nitrogens with two attached hydrogens (primary N) is 1. The first-order valence-corrected chi connectivity index (χ1v) is 7.35. The lowest BCUT2D eigenvalue weighted by Crippen LogP contribution is -2.29. The predicted molar refractivity (Wildman–Crippen MR) is 75.3 cm³/mol. The van der Waals surface area contributed by atoms with Gasteiger partial charge in [-0.1, -0.05) is 36.8 Å². The summed E-state index contributed by atoms with van der Waals surface area (Å²) in [6.07, 6.45) is 4.63. The van der Waals surface area contributed by atoms with E-state index in [2.05, 4.69) is 5.32 Å². The van der Waals surface area contributed by atoms with Crippen molar-refractivity contribution in [1.82, 2.24) is 5.32 Å². The van der Waals surface area contributed by atoms with E-state index < -0.39 is 0 Å². The summed E-state index contributed by atoms with van der Waals surface area (Å²) in [6.45, 7) is 0.685. The highest BCUT2D eigenvalue weighted by Gasteiger charge is 2.56. The molecular weight excluding hydrogens is 236 g/mol. The lowest BCUT2D eigenvalue weighted by Gasteiger charge is -2.13. The molecule has 3 N–H and O–H groups in total. The smallest absolute Gasteiger partial charge is 0.223 e. The maximum absolute atomic E-state index is 12.0. The van der Waals surface area contributed by atoms with Crippen LogP contribution < -0.4 is 11.1 Å². The van der Waals surface area contributed by atoms with Gasteiger partial charge in [0.25, 0.3) is 0 Å². The molecule has 0 saturated heterocycles. The normalized spacial score (nSPS) is 29.6. The summed E-state index contributed by atoms with van der Waals surface area (Å²) < 4.78 is 0. The summed E-state index contributed by atoms with van der Waals surface area (Å²) in [5, 5.41) is 3.05. The van der Waals surface area contributed by atoms with Crippen LogP contribution >= 0.6 is 0 Å². The lowest BCUT2D eigenvalue weighted by atomic mass is 10.0. The van der Waals surface area contributed by atoms with Gasteiger partial charge in [-0.05, 0) is 36.7 Å². The SMILES string of the molecule is NC(CCNC(=O)C1C2CCCC21)c1ccccc1. The highest BCUT2D eigenvalue weighted by molar-refractivity contribution is 5.82. The quantitative estimate of drug-likeness (QED) is 0.851. The molecule has 0 heterocycles. The van der Waals surface area contributed by atoms with Gasteiger partial charge in [0.05, 0.1) is 0 Å². The van der Waals surface area contributed by atoms with Crippen molar-refractivity contribution in [3.8, 4) is 0 Å². The minimum Gasteiger partial charge on any atom is -0.356 e. The highest BCUT2D eigenvalue weighted by Crippen LogP contribution is 2.57. The number of amides is 1. The maximum Gasteiger partial charge on any atom is 0.223 e. The average molecular weight is 258 g/mol. The molecule has 102 valence electrons. The number of rotatable bonds is 5. The Morgan fingerprint density at radius 1 is 1.26 bits per heavy atom. The number of hydrogen-bond donors (Lipinski definition) is 2. The van der Waals surface area contributed by atoms with E-state index in [1.54, 1.807) is 0 Å². The van der Waals surface area contributed by atoms with Crippen molar-refractivity contribution in [2.45, 2.75) is 31.7 Å². The Hall–Kier alpha value is -1.35. The van der Waals surface area contributed by atoms with E-state index in [0.29, 0.717) is 24.3 Å². The Balaban J connectivity index is 1.40. The highest BCUT2D eigenvalue weighted by atomic mass is 16.2. The fourth-order valence-electron chi connectivity index (χ4n) is 3.55. The fourth-order valence-corrected chi connectivity index (χ4v) is 3.55. The molecular formula is C16H22N2O. The van der Waals surface area contributed by atoms with Gasteiger partial charge in [0.2, 0.25) is 5.91 Å². The molecule has 0 aromatic heterocycles. The number of benzene rings is 1. The molecule has 2 fully saturated rings. The van der Waals surface area contributed by atoms with E-state index in [9.17, 15) is 4.79 Å². The number of nitrogens with one attached hydrogen (secondary N) is 1. The van der Waals surface area contributed by atoms with Crippen molar-refractivity contribution in [3.05, 3.63) is 35.9 Å². The van der Waals surface area contributed by atoms with Crippen molar-refractivity contribution in [3.63, 3.8) is 0 Å². The third-order valence-electron chi connectivity index (χ3n) is 4.69.